The molecule has 1 amide bonds. The van der Waals surface area contributed by atoms with Gasteiger partial charge in [0.15, 0.2) is 6.10 Å². The number of anilines is 1. The maximum absolute atomic E-state index is 12.9. The first-order chi connectivity index (χ1) is 12.5. The summed E-state index contributed by atoms with van der Waals surface area (Å²) in [6.07, 6.45) is 5.53. The van der Waals surface area contributed by atoms with Crippen LogP contribution in [0.15, 0.2) is 18.2 Å². The molecule has 0 bridgehead atoms. The molecular formula is C20H25NO5. The van der Waals surface area contributed by atoms with Crippen LogP contribution in [-0.2, 0) is 14.3 Å². The zero-order valence-corrected chi connectivity index (χ0v) is 15.3. The predicted octanol–water partition coefficient (Wildman–Crippen LogP) is 3.27. The van der Waals surface area contributed by atoms with E-state index < -0.39 is 18.1 Å². The molecule has 1 aliphatic heterocycles. The molecule has 26 heavy (non-hydrogen) atoms. The van der Waals surface area contributed by atoms with E-state index in [0.717, 1.165) is 25.7 Å². The van der Waals surface area contributed by atoms with Gasteiger partial charge in [-0.05, 0) is 57.2 Å². The van der Waals surface area contributed by atoms with E-state index in [-0.39, 0.29) is 12.0 Å². The Morgan fingerprint density at radius 1 is 1.35 bits per heavy atom. The van der Waals surface area contributed by atoms with Crippen LogP contribution in [0.4, 0.5) is 5.69 Å². The lowest BCUT2D eigenvalue weighted by Crippen LogP contribution is -2.53. The molecule has 1 saturated carbocycles. The summed E-state index contributed by atoms with van der Waals surface area (Å²) in [6.45, 7) is 3.52. The quantitative estimate of drug-likeness (QED) is 0.596. The normalized spacial score (nSPS) is 21.5. The molecule has 2 atom stereocenters. The van der Waals surface area contributed by atoms with Gasteiger partial charge < -0.3 is 9.47 Å². The lowest BCUT2D eigenvalue weighted by Gasteiger charge is -2.37. The van der Waals surface area contributed by atoms with E-state index in [1.807, 2.05) is 6.92 Å². The number of hydrogen-bond donors (Lipinski definition) is 0. The number of benzene rings is 1. The summed E-state index contributed by atoms with van der Waals surface area (Å²) >= 11 is 0. The standard InChI is InChI=1S/C20H25NO5/c1-3-17-19(23)21(16-11-14(12-22)9-10-18(16)26-17)13(2)20(24)25-15-7-5-4-6-8-15/h9-13,15,17H,3-8H2,1-2H3. The van der Waals surface area contributed by atoms with Crippen LogP contribution in [0, 0.1) is 0 Å². The third-order valence-electron chi connectivity index (χ3n) is 5.09. The molecule has 2 unspecified atom stereocenters. The van der Waals surface area contributed by atoms with Crippen LogP contribution < -0.4 is 9.64 Å². The molecule has 1 aromatic carbocycles. The highest BCUT2D eigenvalue weighted by Crippen LogP contribution is 2.37. The zero-order chi connectivity index (χ0) is 18.7. The summed E-state index contributed by atoms with van der Waals surface area (Å²) in [5.41, 5.74) is 0.866. The maximum atomic E-state index is 12.9. The number of ether oxygens (including phenoxy) is 2. The second-order valence-corrected chi connectivity index (χ2v) is 6.94. The molecule has 0 N–H and O–H groups in total. The largest absolute Gasteiger partial charge is 0.478 e. The number of aldehydes is 1. The minimum Gasteiger partial charge on any atom is -0.478 e. The fraction of sp³-hybridized carbons (Fsp3) is 0.550. The third kappa shape index (κ3) is 3.59. The van der Waals surface area contributed by atoms with Gasteiger partial charge in [0.25, 0.3) is 5.91 Å². The number of hydrogen-bond acceptors (Lipinski definition) is 5. The van der Waals surface area contributed by atoms with Crippen molar-refractivity contribution in [1.29, 1.82) is 0 Å². The monoisotopic (exact) mass is 359 g/mol. The molecule has 2 aliphatic rings. The summed E-state index contributed by atoms with van der Waals surface area (Å²) in [5, 5.41) is 0. The molecule has 0 spiro atoms. The molecular weight excluding hydrogens is 334 g/mol. The fourth-order valence-electron chi connectivity index (χ4n) is 3.58. The lowest BCUT2D eigenvalue weighted by molar-refractivity contribution is -0.153. The fourth-order valence-corrected chi connectivity index (χ4v) is 3.58. The van der Waals surface area contributed by atoms with E-state index >= 15 is 0 Å². The SMILES string of the molecule is CCC1Oc2ccc(C=O)cc2N(C(C)C(=O)OC2CCCCC2)C1=O. The summed E-state index contributed by atoms with van der Waals surface area (Å²) in [6, 6.07) is 4.11. The summed E-state index contributed by atoms with van der Waals surface area (Å²) in [5.74, 6) is -0.194. The van der Waals surface area contributed by atoms with Gasteiger partial charge in [-0.15, -0.1) is 0 Å². The van der Waals surface area contributed by atoms with Crippen LogP contribution in [0.25, 0.3) is 0 Å². The lowest BCUT2D eigenvalue weighted by atomic mass is 9.98. The average Bonchev–Trinajstić information content (AvgIpc) is 2.67. The van der Waals surface area contributed by atoms with E-state index in [9.17, 15) is 14.4 Å². The molecule has 6 heteroatoms. The number of nitrogens with zero attached hydrogens (tertiary/aromatic N) is 1. The van der Waals surface area contributed by atoms with Gasteiger partial charge in [0.05, 0.1) is 5.69 Å². The number of carbonyl (C=O) groups is 3. The Hall–Kier alpha value is -2.37. The molecule has 0 saturated heterocycles. The molecule has 1 heterocycles. The molecule has 1 aromatic rings. The molecule has 6 nitrogen and oxygen atoms in total. The summed E-state index contributed by atoms with van der Waals surface area (Å²) in [4.78, 5) is 38.1. The van der Waals surface area contributed by atoms with Crippen molar-refractivity contribution in [1.82, 2.24) is 0 Å². The Morgan fingerprint density at radius 2 is 2.08 bits per heavy atom. The van der Waals surface area contributed by atoms with Crippen LogP contribution in [0.1, 0.15) is 62.7 Å². The second kappa shape index (κ2) is 7.89. The van der Waals surface area contributed by atoms with Crippen molar-refractivity contribution in [3.63, 3.8) is 0 Å². The van der Waals surface area contributed by atoms with Crippen LogP contribution >= 0.6 is 0 Å². The minimum atomic E-state index is -0.775. The van der Waals surface area contributed by atoms with Crippen LogP contribution in [0.3, 0.4) is 0 Å². The Balaban J connectivity index is 1.86. The van der Waals surface area contributed by atoms with E-state index in [1.54, 1.807) is 25.1 Å². The van der Waals surface area contributed by atoms with Crippen molar-refractivity contribution < 1.29 is 23.9 Å². The molecule has 140 valence electrons. The van der Waals surface area contributed by atoms with Crippen molar-refractivity contribution in [2.45, 2.75) is 70.6 Å². The molecule has 1 fully saturated rings. The number of rotatable bonds is 5. The Morgan fingerprint density at radius 3 is 2.73 bits per heavy atom. The number of fused-ring (bicyclic) bond motifs is 1. The van der Waals surface area contributed by atoms with Crippen molar-refractivity contribution >= 4 is 23.9 Å². The minimum absolute atomic E-state index is 0.0717. The van der Waals surface area contributed by atoms with Gasteiger partial charge in [0.1, 0.15) is 24.2 Å². The maximum Gasteiger partial charge on any atom is 0.329 e. The van der Waals surface area contributed by atoms with E-state index in [2.05, 4.69) is 0 Å². The van der Waals surface area contributed by atoms with Gasteiger partial charge in [0, 0.05) is 5.56 Å². The first-order valence-corrected chi connectivity index (χ1v) is 9.34. The summed E-state index contributed by atoms with van der Waals surface area (Å²) < 4.78 is 11.4. The molecule has 0 radical (unpaired) electrons. The van der Waals surface area contributed by atoms with E-state index in [4.69, 9.17) is 9.47 Å². The van der Waals surface area contributed by atoms with Crippen molar-refractivity contribution in [3.8, 4) is 5.75 Å². The van der Waals surface area contributed by atoms with Gasteiger partial charge in [-0.25, -0.2) is 4.79 Å². The van der Waals surface area contributed by atoms with Gasteiger partial charge in [-0.1, -0.05) is 13.3 Å². The smallest absolute Gasteiger partial charge is 0.329 e. The number of carbonyl (C=O) groups excluding carboxylic acids is 3. The first kappa shape index (κ1) is 18.4. The van der Waals surface area contributed by atoms with Crippen LogP contribution in [0.2, 0.25) is 0 Å². The first-order valence-electron chi connectivity index (χ1n) is 9.34. The second-order valence-electron chi connectivity index (χ2n) is 6.94. The van der Waals surface area contributed by atoms with Crippen LogP contribution in [-0.4, -0.2) is 36.4 Å². The Bertz CT molecular complexity index is 695. The van der Waals surface area contributed by atoms with Gasteiger partial charge in [0.2, 0.25) is 0 Å². The number of amides is 1. The van der Waals surface area contributed by atoms with Gasteiger partial charge >= 0.3 is 5.97 Å². The van der Waals surface area contributed by atoms with Gasteiger partial charge in [-0.3, -0.25) is 14.5 Å². The van der Waals surface area contributed by atoms with E-state index in [0.29, 0.717) is 29.7 Å². The topological polar surface area (TPSA) is 72.9 Å². The van der Waals surface area contributed by atoms with Crippen molar-refractivity contribution in [2.24, 2.45) is 0 Å². The average molecular weight is 359 g/mol. The van der Waals surface area contributed by atoms with Crippen LogP contribution in [0.5, 0.6) is 5.75 Å². The molecule has 0 aromatic heterocycles. The summed E-state index contributed by atoms with van der Waals surface area (Å²) in [7, 11) is 0. The third-order valence-corrected chi connectivity index (χ3v) is 5.09. The Labute approximate surface area is 153 Å². The van der Waals surface area contributed by atoms with Crippen molar-refractivity contribution in [2.75, 3.05) is 4.90 Å². The highest BCUT2D eigenvalue weighted by Gasteiger charge is 2.39. The molecule has 1 aliphatic carbocycles. The molecule has 3 rings (SSSR count). The zero-order valence-electron chi connectivity index (χ0n) is 15.3. The predicted molar refractivity (Wildman–Crippen MR) is 96.4 cm³/mol. The highest BCUT2D eigenvalue weighted by molar-refractivity contribution is 6.05. The Kier molecular flexibility index (Phi) is 5.59. The highest BCUT2D eigenvalue weighted by atomic mass is 16.5. The van der Waals surface area contributed by atoms with Gasteiger partial charge in [-0.2, -0.15) is 0 Å². The van der Waals surface area contributed by atoms with E-state index in [1.165, 1.54) is 11.3 Å². The number of esters is 1. The van der Waals surface area contributed by atoms with Crippen molar-refractivity contribution in [3.05, 3.63) is 23.8 Å².